The number of fused-ring (bicyclic) bond motifs is 3. The minimum Gasteiger partial charge on any atom is -0.353 e. The van der Waals surface area contributed by atoms with Gasteiger partial charge in [0.1, 0.15) is 5.82 Å². The van der Waals surface area contributed by atoms with Crippen LogP contribution in [0.25, 0.3) is 44.0 Å². The van der Waals surface area contributed by atoms with Crippen molar-refractivity contribution < 1.29 is 9.18 Å². The van der Waals surface area contributed by atoms with E-state index in [1.165, 1.54) is 6.07 Å². The summed E-state index contributed by atoms with van der Waals surface area (Å²) in [6, 6.07) is 30.7. The number of nitrogens with one attached hydrogen (secondary N) is 2. The highest BCUT2D eigenvalue weighted by Gasteiger charge is 2.16. The predicted molar refractivity (Wildman–Crippen MR) is 145 cm³/mol. The molecule has 0 spiro atoms. The second kappa shape index (κ2) is 9.27. The number of H-pyrrole nitrogens is 1. The summed E-state index contributed by atoms with van der Waals surface area (Å²) in [4.78, 5) is 21.1. The summed E-state index contributed by atoms with van der Waals surface area (Å²) in [6.45, 7) is 0. The second-order valence-electron chi connectivity index (χ2n) is 8.99. The fourth-order valence-corrected chi connectivity index (χ4v) is 4.88. The molecule has 176 valence electrons. The number of hydrogen-bond donors (Lipinski definition) is 2. The zero-order valence-corrected chi connectivity index (χ0v) is 19.6. The number of aryl methyl sites for hydroxylation is 1. The monoisotopic (exact) mass is 473 g/mol. The third kappa shape index (κ3) is 4.20. The number of carbonyl (C=O) groups is 1. The first-order valence-electron chi connectivity index (χ1n) is 12.1. The van der Waals surface area contributed by atoms with Crippen molar-refractivity contribution in [1.29, 1.82) is 0 Å². The topological polar surface area (TPSA) is 57.8 Å². The van der Waals surface area contributed by atoms with Gasteiger partial charge in [-0.05, 0) is 60.2 Å². The van der Waals surface area contributed by atoms with Crippen molar-refractivity contribution in [3.8, 4) is 11.4 Å². The molecule has 0 aliphatic rings. The quantitative estimate of drug-likeness (QED) is 0.261. The second-order valence-corrected chi connectivity index (χ2v) is 8.99. The molecule has 2 aromatic heterocycles. The molecule has 0 saturated carbocycles. The van der Waals surface area contributed by atoms with Crippen molar-refractivity contribution in [3.63, 3.8) is 0 Å². The number of anilines is 1. The van der Waals surface area contributed by atoms with Gasteiger partial charge in [0.15, 0.2) is 0 Å². The van der Waals surface area contributed by atoms with Gasteiger partial charge in [0.25, 0.3) is 0 Å². The summed E-state index contributed by atoms with van der Waals surface area (Å²) in [6.07, 6.45) is 1.60. The third-order valence-electron chi connectivity index (χ3n) is 6.62. The summed E-state index contributed by atoms with van der Waals surface area (Å²) >= 11 is 0. The van der Waals surface area contributed by atoms with Crippen molar-refractivity contribution in [2.45, 2.75) is 19.3 Å². The molecule has 0 unspecified atom stereocenters. The van der Waals surface area contributed by atoms with Crippen LogP contribution in [-0.2, 0) is 11.2 Å². The molecule has 0 saturated heterocycles. The first-order valence-corrected chi connectivity index (χ1v) is 12.1. The van der Waals surface area contributed by atoms with Gasteiger partial charge in [-0.25, -0.2) is 9.37 Å². The van der Waals surface area contributed by atoms with Crippen molar-refractivity contribution in [1.82, 2.24) is 9.97 Å². The number of para-hydroxylation sites is 1. The van der Waals surface area contributed by atoms with Gasteiger partial charge in [0.2, 0.25) is 5.91 Å². The van der Waals surface area contributed by atoms with Crippen molar-refractivity contribution in [3.05, 3.63) is 108 Å². The number of amides is 1. The fourth-order valence-electron chi connectivity index (χ4n) is 4.88. The average molecular weight is 474 g/mol. The molecule has 6 rings (SSSR count). The van der Waals surface area contributed by atoms with Gasteiger partial charge >= 0.3 is 0 Å². The molecule has 4 nitrogen and oxygen atoms in total. The Labute approximate surface area is 207 Å². The van der Waals surface area contributed by atoms with E-state index >= 15 is 0 Å². The average Bonchev–Trinajstić information content (AvgIpc) is 3.26. The van der Waals surface area contributed by atoms with Crippen LogP contribution in [0, 0.1) is 5.82 Å². The summed E-state index contributed by atoms with van der Waals surface area (Å²) in [7, 11) is 0. The van der Waals surface area contributed by atoms with E-state index in [9.17, 15) is 9.18 Å². The van der Waals surface area contributed by atoms with Gasteiger partial charge in [-0.2, -0.15) is 0 Å². The number of halogens is 1. The molecule has 2 heterocycles. The first-order chi connectivity index (χ1) is 17.7. The van der Waals surface area contributed by atoms with Crippen LogP contribution in [0.15, 0.2) is 97.1 Å². The van der Waals surface area contributed by atoms with Crippen LogP contribution in [-0.4, -0.2) is 15.9 Å². The van der Waals surface area contributed by atoms with Crippen LogP contribution in [0.4, 0.5) is 10.1 Å². The lowest BCUT2D eigenvalue weighted by Crippen LogP contribution is -2.11. The zero-order valence-electron chi connectivity index (χ0n) is 19.6. The number of hydrogen-bond acceptors (Lipinski definition) is 2. The molecule has 0 fully saturated rings. The molecule has 0 bridgehead atoms. The predicted octanol–water partition coefficient (Wildman–Crippen LogP) is 7.64. The Morgan fingerprint density at radius 1 is 0.833 bits per heavy atom. The Morgan fingerprint density at radius 3 is 2.56 bits per heavy atom. The van der Waals surface area contributed by atoms with Gasteiger partial charge in [-0.1, -0.05) is 60.7 Å². The van der Waals surface area contributed by atoms with E-state index in [1.54, 1.807) is 12.1 Å². The van der Waals surface area contributed by atoms with E-state index in [0.29, 0.717) is 19.3 Å². The number of rotatable bonds is 6. The molecular formula is C31H24FN3O. The maximum absolute atomic E-state index is 14.2. The molecule has 4 aromatic carbocycles. The smallest absolute Gasteiger partial charge is 0.224 e. The number of pyridine rings is 1. The lowest BCUT2D eigenvalue weighted by molar-refractivity contribution is -0.116. The summed E-state index contributed by atoms with van der Waals surface area (Å²) < 4.78 is 14.2. The van der Waals surface area contributed by atoms with Crippen LogP contribution < -0.4 is 5.32 Å². The van der Waals surface area contributed by atoms with Crippen LogP contribution in [0.2, 0.25) is 0 Å². The number of nitrogens with zero attached hydrogens (tertiary/aromatic N) is 1. The maximum atomic E-state index is 14.2. The normalized spacial score (nSPS) is 11.4. The largest absolute Gasteiger partial charge is 0.353 e. The van der Waals surface area contributed by atoms with Crippen LogP contribution in [0.3, 0.4) is 0 Å². The highest BCUT2D eigenvalue weighted by molar-refractivity contribution is 6.02. The van der Waals surface area contributed by atoms with Crippen molar-refractivity contribution >= 4 is 44.2 Å². The van der Waals surface area contributed by atoms with E-state index in [2.05, 4.69) is 10.3 Å². The highest BCUT2D eigenvalue weighted by atomic mass is 19.1. The molecule has 0 aliphatic carbocycles. The van der Waals surface area contributed by atoms with Gasteiger partial charge in [0.05, 0.1) is 16.9 Å². The van der Waals surface area contributed by atoms with E-state index in [0.717, 1.165) is 55.2 Å². The molecule has 5 heteroatoms. The molecule has 0 aliphatic heterocycles. The minimum atomic E-state index is -0.283. The van der Waals surface area contributed by atoms with E-state index in [-0.39, 0.29) is 11.7 Å². The summed E-state index contributed by atoms with van der Waals surface area (Å²) in [5.41, 5.74) is 5.23. The van der Waals surface area contributed by atoms with Gasteiger partial charge in [-0.15, -0.1) is 0 Å². The molecule has 36 heavy (non-hydrogen) atoms. The number of aromatic amines is 1. The van der Waals surface area contributed by atoms with Gasteiger partial charge in [-0.3, -0.25) is 4.79 Å². The lowest BCUT2D eigenvalue weighted by atomic mass is 10.0. The summed E-state index contributed by atoms with van der Waals surface area (Å²) in [5.74, 6) is -0.322. The standard InChI is InChI=1S/C31H24FN3O/c32-22-16-18-28-25(19-22)24(31(35-28)29-17-15-21-8-2-4-12-26(21)33-29)11-6-14-30(36)34-27-13-5-9-20-7-1-3-10-23(20)27/h1-5,7-10,12-13,15-19,35H,6,11,14H2,(H,34,36). The third-order valence-corrected chi connectivity index (χ3v) is 6.62. The maximum Gasteiger partial charge on any atom is 0.224 e. The van der Waals surface area contributed by atoms with E-state index < -0.39 is 0 Å². The fraction of sp³-hybridized carbons (Fsp3) is 0.0968. The Balaban J connectivity index is 1.26. The Kier molecular flexibility index (Phi) is 5.66. The highest BCUT2D eigenvalue weighted by Crippen LogP contribution is 2.32. The van der Waals surface area contributed by atoms with Crippen molar-refractivity contribution in [2.24, 2.45) is 0 Å². The molecule has 6 aromatic rings. The van der Waals surface area contributed by atoms with Gasteiger partial charge in [0, 0.05) is 33.8 Å². The molecule has 1 amide bonds. The van der Waals surface area contributed by atoms with Crippen molar-refractivity contribution in [2.75, 3.05) is 5.32 Å². The number of carbonyl (C=O) groups excluding carboxylic acids is 1. The van der Waals surface area contributed by atoms with Gasteiger partial charge < -0.3 is 10.3 Å². The molecule has 0 atom stereocenters. The minimum absolute atomic E-state index is 0.0391. The number of aromatic nitrogens is 2. The van der Waals surface area contributed by atoms with Crippen LogP contribution in [0.1, 0.15) is 18.4 Å². The van der Waals surface area contributed by atoms with E-state index in [1.807, 2.05) is 78.9 Å². The molecule has 0 radical (unpaired) electrons. The first kappa shape index (κ1) is 22.0. The van der Waals surface area contributed by atoms with E-state index in [4.69, 9.17) is 4.98 Å². The molecule has 2 N–H and O–H groups in total. The lowest BCUT2D eigenvalue weighted by Gasteiger charge is -2.09. The van der Waals surface area contributed by atoms with Crippen LogP contribution in [0.5, 0.6) is 0 Å². The number of benzene rings is 4. The SMILES string of the molecule is O=C(CCCc1c(-c2ccc3ccccc3n2)[nH]c2ccc(F)cc12)Nc1cccc2ccccc12. The Morgan fingerprint density at radius 2 is 1.64 bits per heavy atom. The Hall–Kier alpha value is -4.51. The Bertz CT molecular complexity index is 1730. The molecular weight excluding hydrogens is 449 g/mol. The zero-order chi connectivity index (χ0) is 24.5. The van der Waals surface area contributed by atoms with Crippen LogP contribution >= 0.6 is 0 Å². The summed E-state index contributed by atoms with van der Waals surface area (Å²) in [5, 5.41) is 7.06.